The third-order valence-corrected chi connectivity index (χ3v) is 10.4. The van der Waals surface area contributed by atoms with E-state index >= 15 is 4.39 Å². The average molecular weight is 692 g/mol. The van der Waals surface area contributed by atoms with Gasteiger partial charge in [0.25, 0.3) is 5.40 Å². The molecule has 0 radical (unpaired) electrons. The number of cyclic esters (lactones) is 1. The molecule has 0 aliphatic carbocycles. The highest BCUT2D eigenvalue weighted by Gasteiger charge is 2.45. The number of hydrogen-bond acceptors (Lipinski definition) is 8. The monoisotopic (exact) mass is 691 g/mol. The lowest BCUT2D eigenvalue weighted by Crippen LogP contribution is -2.37. The first-order valence-electron chi connectivity index (χ1n) is 13.9. The molecule has 244 valence electrons. The smallest absolute Gasteiger partial charge is 0.442 e. The third kappa shape index (κ3) is 9.54. The van der Waals surface area contributed by atoms with E-state index in [4.69, 9.17) is 28.4 Å². The van der Waals surface area contributed by atoms with Gasteiger partial charge >= 0.3 is 21.7 Å². The number of benzene rings is 3. The van der Waals surface area contributed by atoms with Crippen LogP contribution in [-0.4, -0.2) is 57.0 Å². The number of anilines is 2. The number of nitrogens with one attached hydrogen (secondary N) is 3. The maximum absolute atomic E-state index is 15.2. The lowest BCUT2D eigenvalue weighted by molar-refractivity contribution is 0.143. The molecule has 2 unspecified atom stereocenters. The Morgan fingerprint density at radius 1 is 1.15 bits per heavy atom. The molecule has 1 aliphatic heterocycles. The molecule has 10 N–H and O–H groups in total. The van der Waals surface area contributed by atoms with Gasteiger partial charge in [0, 0.05) is 42.7 Å². The van der Waals surface area contributed by atoms with Crippen LogP contribution < -0.4 is 32.3 Å². The molecule has 0 saturated carbocycles. The van der Waals surface area contributed by atoms with E-state index in [0.29, 0.717) is 46.9 Å². The van der Waals surface area contributed by atoms with Crippen molar-refractivity contribution in [2.45, 2.75) is 24.5 Å². The van der Waals surface area contributed by atoms with Crippen molar-refractivity contribution < 1.29 is 37.7 Å². The van der Waals surface area contributed by atoms with Crippen molar-refractivity contribution in [2.24, 2.45) is 11.5 Å². The summed E-state index contributed by atoms with van der Waals surface area (Å²) in [7, 11) is -7.82. The van der Waals surface area contributed by atoms with Crippen LogP contribution in [0.5, 0.6) is 0 Å². The number of carbonyl (C=O) groups excluding carboxylic acids is 1. The standard InChI is InChI=1S/C29H33FN6O7P2S/c30-26-12-23(9-10-25(26)20-5-1-19(2-6-20)14-33-15-21(32)13-31)36-17-24(43-29(36)37)16-34-28(46)35-22-7-3-18(4-8-22)11-27(44(38)39)45(40,41)42/h1-10,12-13,24,27,33H,11,14-17,31-32H2,(H4-,34,35,38,39,40,41,42,46)/p+1/b21-13-/t24-,27?/m0/s1. The van der Waals surface area contributed by atoms with Crippen LogP contribution in [0.15, 0.2) is 78.6 Å². The zero-order valence-corrected chi connectivity index (χ0v) is 27.0. The molecule has 1 heterocycles. The molecule has 46 heavy (non-hydrogen) atoms. The second-order valence-corrected chi connectivity index (χ2v) is 14.3. The first-order valence-corrected chi connectivity index (χ1v) is 17.3. The van der Waals surface area contributed by atoms with Gasteiger partial charge in [0.2, 0.25) is 0 Å². The molecule has 4 rings (SSSR count). The molecule has 17 heteroatoms. The van der Waals surface area contributed by atoms with Crippen molar-refractivity contribution in [3.05, 3.63) is 95.6 Å². The highest BCUT2D eigenvalue weighted by molar-refractivity contribution is 7.80. The molecule has 0 spiro atoms. The van der Waals surface area contributed by atoms with Crippen molar-refractivity contribution in [2.75, 3.05) is 29.9 Å². The van der Waals surface area contributed by atoms with E-state index in [-0.39, 0.29) is 24.6 Å². The molecule has 0 bridgehead atoms. The minimum absolute atomic E-state index is 0.168. The number of nitrogens with two attached hydrogens (primary N) is 2. The predicted molar refractivity (Wildman–Crippen MR) is 178 cm³/mol. The minimum atomic E-state index is -4.75. The van der Waals surface area contributed by atoms with Crippen LogP contribution in [-0.2, 0) is 26.8 Å². The van der Waals surface area contributed by atoms with E-state index in [0.717, 1.165) is 5.56 Å². The van der Waals surface area contributed by atoms with Crippen LogP contribution in [0.1, 0.15) is 11.1 Å². The van der Waals surface area contributed by atoms with Gasteiger partial charge in [-0.05, 0) is 63.8 Å². The molecule has 0 aromatic heterocycles. The van der Waals surface area contributed by atoms with Crippen LogP contribution in [0.2, 0.25) is 0 Å². The van der Waals surface area contributed by atoms with E-state index in [1.165, 1.54) is 17.2 Å². The van der Waals surface area contributed by atoms with Crippen LogP contribution in [0.25, 0.3) is 11.1 Å². The fourth-order valence-corrected chi connectivity index (χ4v) is 6.65. The molecule has 3 aromatic carbocycles. The van der Waals surface area contributed by atoms with Gasteiger partial charge in [-0.1, -0.05) is 36.4 Å². The SMILES string of the molecule is N/C=C(\N)CNCc1ccc(-c2ccc(N3C[C@H](CNC(=S)Nc4ccc(CC([P+](=O)O)P(=O)(O)O)cc4)OC3=O)cc2F)cc1. The number of amides is 1. The van der Waals surface area contributed by atoms with Gasteiger partial charge in [-0.2, -0.15) is 4.89 Å². The van der Waals surface area contributed by atoms with Crippen molar-refractivity contribution in [1.29, 1.82) is 0 Å². The van der Waals surface area contributed by atoms with Gasteiger partial charge in [0.1, 0.15) is 11.9 Å². The van der Waals surface area contributed by atoms with E-state index in [9.17, 15) is 28.6 Å². The van der Waals surface area contributed by atoms with Crippen molar-refractivity contribution in [3.63, 3.8) is 0 Å². The normalized spacial score (nSPS) is 16.1. The second-order valence-electron chi connectivity index (χ2n) is 10.4. The summed E-state index contributed by atoms with van der Waals surface area (Å²) in [4.78, 5) is 41.8. The number of rotatable bonds is 13. The second kappa shape index (κ2) is 15.6. The molecule has 1 amide bonds. The molecule has 3 aromatic rings. The van der Waals surface area contributed by atoms with Crippen LogP contribution >= 0.6 is 27.8 Å². The quantitative estimate of drug-likeness (QED) is 0.0955. The average Bonchev–Trinajstić information content (AvgIpc) is 3.39. The molecule has 3 atom stereocenters. The Labute approximate surface area is 270 Å². The first-order chi connectivity index (χ1) is 21.8. The molecule has 1 fully saturated rings. The predicted octanol–water partition coefficient (Wildman–Crippen LogP) is 3.43. The van der Waals surface area contributed by atoms with Gasteiger partial charge in [0.15, 0.2) is 5.11 Å². The molecule has 1 aliphatic rings. The number of carbonyl (C=O) groups is 1. The van der Waals surface area contributed by atoms with E-state index < -0.39 is 39.0 Å². The maximum atomic E-state index is 15.2. The number of halogens is 1. The fraction of sp³-hybridized carbons (Fsp3) is 0.241. The van der Waals surface area contributed by atoms with Crippen molar-refractivity contribution in [3.8, 4) is 11.1 Å². The zero-order chi connectivity index (χ0) is 33.4. The number of nitrogens with zero attached hydrogens (tertiary/aromatic N) is 1. The molecule has 1 saturated heterocycles. The Morgan fingerprint density at radius 2 is 1.83 bits per heavy atom. The summed E-state index contributed by atoms with van der Waals surface area (Å²) in [5.74, 6) is -0.488. The Balaban J connectivity index is 1.27. The summed E-state index contributed by atoms with van der Waals surface area (Å²) in [6.45, 7) is 1.37. The lowest BCUT2D eigenvalue weighted by atomic mass is 10.0. The summed E-state index contributed by atoms with van der Waals surface area (Å²) in [6.07, 6.45) is -0.120. The van der Waals surface area contributed by atoms with E-state index in [2.05, 4.69) is 16.0 Å². The largest absolute Gasteiger partial charge is 0.522 e. The van der Waals surface area contributed by atoms with Crippen LogP contribution in [0.4, 0.5) is 20.6 Å². The van der Waals surface area contributed by atoms with Gasteiger partial charge in [0.05, 0.1) is 18.8 Å². The van der Waals surface area contributed by atoms with Gasteiger partial charge in [-0.3, -0.25) is 9.46 Å². The first kappa shape index (κ1) is 34.9. The van der Waals surface area contributed by atoms with Gasteiger partial charge in [-0.25, -0.2) is 9.18 Å². The summed E-state index contributed by atoms with van der Waals surface area (Å²) < 4.78 is 43.4. The van der Waals surface area contributed by atoms with Crippen molar-refractivity contribution >= 4 is 50.4 Å². The topological polar surface area (TPSA) is 212 Å². The van der Waals surface area contributed by atoms with Gasteiger partial charge < -0.3 is 41.9 Å². The Bertz CT molecular complexity index is 1660. The Morgan fingerprint density at radius 3 is 2.43 bits per heavy atom. The summed E-state index contributed by atoms with van der Waals surface area (Å²) in [5.41, 5.74) is 15.0. The third-order valence-electron chi connectivity index (χ3n) is 7.04. The van der Waals surface area contributed by atoms with Crippen LogP contribution in [0, 0.1) is 5.82 Å². The summed E-state index contributed by atoms with van der Waals surface area (Å²) in [5, 5.41) is 7.60. The van der Waals surface area contributed by atoms with Gasteiger partial charge in [-0.15, -0.1) is 0 Å². The number of hydrogen-bond donors (Lipinski definition) is 8. The summed E-state index contributed by atoms with van der Waals surface area (Å²) in [6, 6.07) is 18.3. The molecular weight excluding hydrogens is 657 g/mol. The number of thiocarbonyl (C=S) groups is 1. The molecular formula is C29H34FN6O7P2S+. The minimum Gasteiger partial charge on any atom is -0.442 e. The van der Waals surface area contributed by atoms with E-state index in [1.807, 2.05) is 24.3 Å². The highest BCUT2D eigenvalue weighted by Crippen LogP contribution is 2.53. The van der Waals surface area contributed by atoms with Crippen LogP contribution in [0.3, 0.4) is 0 Å². The molecule has 13 nitrogen and oxygen atoms in total. The summed E-state index contributed by atoms with van der Waals surface area (Å²) >= 11 is 5.31. The Hall–Kier alpha value is -3.94. The highest BCUT2D eigenvalue weighted by atomic mass is 32.1. The number of ether oxygens (including phenoxy) is 1. The van der Waals surface area contributed by atoms with E-state index in [1.54, 1.807) is 36.4 Å². The maximum Gasteiger partial charge on any atom is 0.522 e. The van der Waals surface area contributed by atoms with Crippen molar-refractivity contribution in [1.82, 2.24) is 10.6 Å². The fourth-order valence-electron chi connectivity index (χ4n) is 4.60. The zero-order valence-electron chi connectivity index (χ0n) is 24.4. The Kier molecular flexibility index (Phi) is 11.8. The lowest BCUT2D eigenvalue weighted by Gasteiger charge is -2.15.